The molecule has 5 nitrogen and oxygen atoms in total. The van der Waals surface area contributed by atoms with E-state index in [0.29, 0.717) is 18.7 Å². The molecule has 24 heavy (non-hydrogen) atoms. The molecule has 124 valence electrons. The maximum Gasteiger partial charge on any atom is 0.254 e. The Morgan fingerprint density at radius 3 is 2.62 bits per heavy atom. The van der Waals surface area contributed by atoms with E-state index < -0.39 is 0 Å². The molecule has 1 aliphatic rings. The van der Waals surface area contributed by atoms with E-state index in [0.717, 1.165) is 23.3 Å². The summed E-state index contributed by atoms with van der Waals surface area (Å²) in [5.41, 5.74) is 2.80. The first kappa shape index (κ1) is 16.1. The fourth-order valence-corrected chi connectivity index (χ4v) is 2.81. The van der Waals surface area contributed by atoms with E-state index in [1.165, 1.54) is 0 Å². The summed E-state index contributed by atoms with van der Waals surface area (Å²) in [7, 11) is 1.63. The average Bonchev–Trinajstić information content (AvgIpc) is 2.92. The Morgan fingerprint density at radius 1 is 1.17 bits per heavy atom. The number of hydrogen-bond acceptors (Lipinski definition) is 3. The maximum atomic E-state index is 12.2. The van der Waals surface area contributed by atoms with Crippen molar-refractivity contribution in [3.05, 3.63) is 65.2 Å². The third-order valence-corrected chi connectivity index (χ3v) is 4.13. The fourth-order valence-electron chi connectivity index (χ4n) is 2.81. The second-order valence-electron chi connectivity index (χ2n) is 5.77. The zero-order valence-electron chi connectivity index (χ0n) is 13.6. The van der Waals surface area contributed by atoms with Gasteiger partial charge in [0.1, 0.15) is 12.3 Å². The van der Waals surface area contributed by atoms with Crippen molar-refractivity contribution in [2.45, 2.75) is 13.0 Å². The minimum absolute atomic E-state index is 0.0732. The minimum Gasteiger partial charge on any atom is -0.497 e. The first-order valence-corrected chi connectivity index (χ1v) is 7.94. The summed E-state index contributed by atoms with van der Waals surface area (Å²) in [6.07, 6.45) is 0.740. The highest BCUT2D eigenvalue weighted by Crippen LogP contribution is 2.21. The van der Waals surface area contributed by atoms with Crippen LogP contribution in [0.5, 0.6) is 5.75 Å². The maximum absolute atomic E-state index is 12.2. The molecular formula is C19H20N2O3. The van der Waals surface area contributed by atoms with Gasteiger partial charge in [0.2, 0.25) is 5.91 Å². The van der Waals surface area contributed by atoms with Crippen molar-refractivity contribution < 1.29 is 14.3 Å². The highest BCUT2D eigenvalue weighted by Gasteiger charge is 2.27. The van der Waals surface area contributed by atoms with Gasteiger partial charge in [-0.3, -0.25) is 9.59 Å². The summed E-state index contributed by atoms with van der Waals surface area (Å²) in [6, 6.07) is 15.2. The van der Waals surface area contributed by atoms with Crippen LogP contribution in [-0.4, -0.2) is 36.9 Å². The third-order valence-electron chi connectivity index (χ3n) is 4.13. The van der Waals surface area contributed by atoms with Crippen molar-refractivity contribution in [2.24, 2.45) is 0 Å². The number of rotatable bonds is 6. The Hall–Kier alpha value is -2.82. The van der Waals surface area contributed by atoms with Crippen molar-refractivity contribution in [1.82, 2.24) is 10.2 Å². The van der Waals surface area contributed by atoms with Crippen LogP contribution in [0.15, 0.2) is 48.5 Å². The summed E-state index contributed by atoms with van der Waals surface area (Å²) in [5.74, 6) is 0.607. The number of nitrogens with zero attached hydrogens (tertiary/aromatic N) is 1. The number of hydrogen-bond donors (Lipinski definition) is 1. The molecule has 0 saturated carbocycles. The van der Waals surface area contributed by atoms with Gasteiger partial charge in [-0.1, -0.05) is 30.3 Å². The van der Waals surface area contributed by atoms with E-state index >= 15 is 0 Å². The summed E-state index contributed by atoms with van der Waals surface area (Å²) in [5, 5.41) is 2.87. The van der Waals surface area contributed by atoms with Crippen LogP contribution in [0.3, 0.4) is 0 Å². The van der Waals surface area contributed by atoms with Gasteiger partial charge >= 0.3 is 0 Å². The number of benzene rings is 2. The van der Waals surface area contributed by atoms with Crippen LogP contribution < -0.4 is 10.1 Å². The second kappa shape index (κ2) is 7.17. The van der Waals surface area contributed by atoms with Crippen LogP contribution in [0.1, 0.15) is 21.5 Å². The molecular weight excluding hydrogens is 304 g/mol. The molecule has 1 heterocycles. The molecule has 0 bridgehead atoms. The van der Waals surface area contributed by atoms with Crippen LogP contribution in [-0.2, 0) is 17.8 Å². The van der Waals surface area contributed by atoms with Gasteiger partial charge in [-0.25, -0.2) is 0 Å². The summed E-state index contributed by atoms with van der Waals surface area (Å²) >= 11 is 0. The number of nitrogens with one attached hydrogen (secondary N) is 1. The van der Waals surface area contributed by atoms with Gasteiger partial charge in [0.15, 0.2) is 0 Å². The lowest BCUT2D eigenvalue weighted by atomic mass is 10.1. The van der Waals surface area contributed by atoms with Crippen LogP contribution in [0, 0.1) is 0 Å². The Morgan fingerprint density at radius 2 is 1.92 bits per heavy atom. The number of carbonyl (C=O) groups is 2. The number of ether oxygens (including phenoxy) is 1. The van der Waals surface area contributed by atoms with E-state index in [1.54, 1.807) is 18.1 Å². The predicted molar refractivity (Wildman–Crippen MR) is 90.9 cm³/mol. The molecule has 0 radical (unpaired) electrons. The van der Waals surface area contributed by atoms with Crippen molar-refractivity contribution in [3.63, 3.8) is 0 Å². The van der Waals surface area contributed by atoms with Gasteiger partial charge in [0, 0.05) is 18.7 Å². The first-order chi connectivity index (χ1) is 11.7. The number of fused-ring (bicyclic) bond motifs is 1. The molecule has 0 unspecified atom stereocenters. The molecule has 3 rings (SSSR count). The standard InChI is InChI=1S/C19H20N2O3/c1-24-16-8-6-14(7-9-16)10-11-20-18(22)13-21-12-15-4-2-3-5-17(15)19(21)23/h2-9H,10-13H2,1H3,(H,20,22). The van der Waals surface area contributed by atoms with Crippen LogP contribution in [0.2, 0.25) is 0 Å². The molecule has 5 heteroatoms. The van der Waals surface area contributed by atoms with E-state index in [9.17, 15) is 9.59 Å². The smallest absolute Gasteiger partial charge is 0.254 e. The quantitative estimate of drug-likeness (QED) is 0.884. The molecule has 0 aromatic heterocycles. The molecule has 1 aliphatic heterocycles. The van der Waals surface area contributed by atoms with Gasteiger partial charge < -0.3 is 15.0 Å². The Kier molecular flexibility index (Phi) is 4.79. The normalized spacial score (nSPS) is 12.9. The highest BCUT2D eigenvalue weighted by atomic mass is 16.5. The Bertz CT molecular complexity index is 741. The lowest BCUT2D eigenvalue weighted by Gasteiger charge is -2.15. The molecule has 0 fully saturated rings. The van der Waals surface area contributed by atoms with Gasteiger partial charge in [0.05, 0.1) is 7.11 Å². The van der Waals surface area contributed by atoms with Gasteiger partial charge in [0.25, 0.3) is 5.91 Å². The Labute approximate surface area is 141 Å². The van der Waals surface area contributed by atoms with E-state index in [-0.39, 0.29) is 18.4 Å². The molecule has 0 saturated heterocycles. The predicted octanol–water partition coefficient (Wildman–Crippen LogP) is 2.01. The molecule has 0 atom stereocenters. The van der Waals surface area contributed by atoms with Crippen molar-refractivity contribution in [2.75, 3.05) is 20.2 Å². The van der Waals surface area contributed by atoms with Gasteiger partial charge in [-0.05, 0) is 35.7 Å². The zero-order chi connectivity index (χ0) is 16.9. The largest absolute Gasteiger partial charge is 0.497 e. The van der Waals surface area contributed by atoms with Crippen LogP contribution in [0.4, 0.5) is 0 Å². The van der Waals surface area contributed by atoms with Crippen molar-refractivity contribution in [3.8, 4) is 5.75 Å². The summed E-state index contributed by atoms with van der Waals surface area (Å²) in [4.78, 5) is 25.9. The van der Waals surface area contributed by atoms with Crippen LogP contribution >= 0.6 is 0 Å². The number of amides is 2. The monoisotopic (exact) mass is 324 g/mol. The number of carbonyl (C=O) groups excluding carboxylic acids is 2. The van der Waals surface area contributed by atoms with E-state index in [1.807, 2.05) is 42.5 Å². The van der Waals surface area contributed by atoms with Crippen LogP contribution in [0.25, 0.3) is 0 Å². The average molecular weight is 324 g/mol. The molecule has 2 aromatic carbocycles. The van der Waals surface area contributed by atoms with E-state index in [2.05, 4.69) is 5.32 Å². The summed E-state index contributed by atoms with van der Waals surface area (Å²) in [6.45, 7) is 1.14. The first-order valence-electron chi connectivity index (χ1n) is 7.94. The topological polar surface area (TPSA) is 58.6 Å². The highest BCUT2D eigenvalue weighted by molar-refractivity contribution is 6.00. The molecule has 0 aliphatic carbocycles. The molecule has 2 amide bonds. The van der Waals surface area contributed by atoms with E-state index in [4.69, 9.17) is 4.74 Å². The van der Waals surface area contributed by atoms with Crippen molar-refractivity contribution >= 4 is 11.8 Å². The van der Waals surface area contributed by atoms with Gasteiger partial charge in [-0.15, -0.1) is 0 Å². The second-order valence-corrected chi connectivity index (χ2v) is 5.77. The molecule has 0 spiro atoms. The minimum atomic E-state index is -0.135. The fraction of sp³-hybridized carbons (Fsp3) is 0.263. The summed E-state index contributed by atoms with van der Waals surface area (Å²) < 4.78 is 5.12. The molecule has 1 N–H and O–H groups in total. The van der Waals surface area contributed by atoms with Crippen molar-refractivity contribution in [1.29, 1.82) is 0 Å². The zero-order valence-corrected chi connectivity index (χ0v) is 13.6. The van der Waals surface area contributed by atoms with Gasteiger partial charge in [-0.2, -0.15) is 0 Å². The third kappa shape index (κ3) is 3.56. The SMILES string of the molecule is COc1ccc(CCNC(=O)CN2Cc3ccccc3C2=O)cc1. The lowest BCUT2D eigenvalue weighted by Crippen LogP contribution is -2.38. The molecule has 2 aromatic rings. The number of methoxy groups -OCH3 is 1. The lowest BCUT2D eigenvalue weighted by molar-refractivity contribution is -0.121. The Balaban J connectivity index is 1.46.